The van der Waals surface area contributed by atoms with Crippen LogP contribution in [-0.4, -0.2) is 39.1 Å². The summed E-state index contributed by atoms with van der Waals surface area (Å²) in [5, 5.41) is 0. The fourth-order valence-electron chi connectivity index (χ4n) is 2.68. The fourth-order valence-corrected chi connectivity index (χ4v) is 4.57. The molecule has 6 nitrogen and oxygen atoms in total. The lowest BCUT2D eigenvalue weighted by Gasteiger charge is -2.25. The molecule has 2 unspecified atom stereocenters. The van der Waals surface area contributed by atoms with E-state index in [1.54, 1.807) is 12.1 Å². The zero-order valence-electron chi connectivity index (χ0n) is 14.0. The van der Waals surface area contributed by atoms with Gasteiger partial charge in [0.05, 0.1) is 24.7 Å². The zero-order chi connectivity index (χ0) is 18.9. The first-order valence-corrected chi connectivity index (χ1v) is 10.1. The third-order valence-corrected chi connectivity index (χ3v) is 7.00. The van der Waals surface area contributed by atoms with Gasteiger partial charge in [0.25, 0.3) is 0 Å². The van der Waals surface area contributed by atoms with Gasteiger partial charge in [0.1, 0.15) is 0 Å². The number of nitrogens with two attached hydrogens (primary N) is 1. The Kier molecular flexibility index (Phi) is 5.21. The van der Waals surface area contributed by atoms with E-state index in [0.29, 0.717) is 6.61 Å². The summed E-state index contributed by atoms with van der Waals surface area (Å²) in [6.07, 6.45) is -0.493. The van der Waals surface area contributed by atoms with Gasteiger partial charge in [0.15, 0.2) is 0 Å². The number of ether oxygens (including phenoxy) is 2. The molecule has 26 heavy (non-hydrogen) atoms. The van der Waals surface area contributed by atoms with Gasteiger partial charge in [-0.15, -0.1) is 0 Å². The molecule has 2 aromatic rings. The third-order valence-electron chi connectivity index (χ3n) is 4.29. The largest absolute Gasteiger partial charge is 0.467 e. The smallest absolute Gasteiger partial charge is 0.342 e. The molecular weight excluding hydrogens is 422 g/mol. The van der Waals surface area contributed by atoms with Gasteiger partial charge in [-0.2, -0.15) is 0 Å². The molecule has 138 valence electrons. The summed E-state index contributed by atoms with van der Waals surface area (Å²) in [6.45, 7) is 0.383. The Labute approximate surface area is 160 Å². The minimum atomic E-state index is -4.16. The molecule has 1 fully saturated rings. The molecule has 3 rings (SSSR count). The van der Waals surface area contributed by atoms with Crippen LogP contribution in [0.25, 0.3) is 11.1 Å². The Morgan fingerprint density at radius 2 is 1.69 bits per heavy atom. The predicted octanol–water partition coefficient (Wildman–Crippen LogP) is 2.51. The number of rotatable bonds is 6. The van der Waals surface area contributed by atoms with Crippen molar-refractivity contribution in [2.75, 3.05) is 13.7 Å². The van der Waals surface area contributed by atoms with Crippen LogP contribution in [0.1, 0.15) is 6.42 Å². The molecule has 0 spiro atoms. The molecule has 1 saturated heterocycles. The van der Waals surface area contributed by atoms with Crippen LogP contribution in [0.15, 0.2) is 57.9 Å². The van der Waals surface area contributed by atoms with E-state index in [4.69, 9.17) is 10.5 Å². The van der Waals surface area contributed by atoms with E-state index in [0.717, 1.165) is 22.7 Å². The minimum Gasteiger partial charge on any atom is -0.467 e. The topological polar surface area (TPSA) is 99.0 Å². The Hall–Kier alpha value is -1.74. The first kappa shape index (κ1) is 19.0. The first-order valence-electron chi connectivity index (χ1n) is 7.87. The van der Waals surface area contributed by atoms with E-state index in [9.17, 15) is 13.2 Å². The van der Waals surface area contributed by atoms with Crippen molar-refractivity contribution < 1.29 is 22.7 Å². The highest BCUT2D eigenvalue weighted by molar-refractivity contribution is 9.10. The number of sulfone groups is 1. The quantitative estimate of drug-likeness (QED) is 0.548. The Morgan fingerprint density at radius 3 is 2.15 bits per heavy atom. The number of esters is 1. The Balaban J connectivity index is 1.95. The monoisotopic (exact) mass is 439 g/mol. The summed E-state index contributed by atoms with van der Waals surface area (Å²) in [4.78, 5) is 9.94. The zero-order valence-corrected chi connectivity index (χ0v) is 16.4. The summed E-state index contributed by atoms with van der Waals surface area (Å²) in [5.74, 6) is -0.995. The van der Waals surface area contributed by atoms with Crippen molar-refractivity contribution in [2.45, 2.75) is 22.3 Å². The molecule has 2 atom stereocenters. The second kappa shape index (κ2) is 7.11. The molecule has 0 aliphatic carbocycles. The highest BCUT2D eigenvalue weighted by Crippen LogP contribution is 2.32. The molecule has 1 aliphatic heterocycles. The van der Waals surface area contributed by atoms with Crippen molar-refractivity contribution in [1.82, 2.24) is 0 Å². The van der Waals surface area contributed by atoms with Gasteiger partial charge in [-0.3, -0.25) is 0 Å². The lowest BCUT2D eigenvalue weighted by molar-refractivity contribution is -0.144. The molecule has 1 heterocycles. The van der Waals surface area contributed by atoms with Crippen molar-refractivity contribution in [2.24, 2.45) is 5.73 Å². The van der Waals surface area contributed by atoms with Crippen molar-refractivity contribution >= 4 is 31.7 Å². The number of benzene rings is 2. The highest BCUT2D eigenvalue weighted by Gasteiger charge is 2.52. The van der Waals surface area contributed by atoms with Gasteiger partial charge in [-0.1, -0.05) is 40.2 Å². The number of carbonyl (C=O) groups is 1. The van der Waals surface area contributed by atoms with Gasteiger partial charge < -0.3 is 15.2 Å². The summed E-state index contributed by atoms with van der Waals surface area (Å²) < 4.78 is 36.7. The van der Waals surface area contributed by atoms with Crippen LogP contribution in [0.4, 0.5) is 0 Å². The molecule has 1 aliphatic rings. The van der Waals surface area contributed by atoms with Gasteiger partial charge in [0, 0.05) is 10.9 Å². The lowest BCUT2D eigenvalue weighted by Crippen LogP contribution is -2.56. The van der Waals surface area contributed by atoms with Crippen LogP contribution in [0.2, 0.25) is 0 Å². The molecule has 8 heteroatoms. The second-order valence-electron chi connectivity index (χ2n) is 6.08. The van der Waals surface area contributed by atoms with Crippen LogP contribution in [0.5, 0.6) is 0 Å². The summed E-state index contributed by atoms with van der Waals surface area (Å²) in [7, 11) is -3.04. The number of hydrogen-bond acceptors (Lipinski definition) is 6. The standard InChI is InChI=1S/C18H18BrNO5S/c1-24-17(21)18(20,10-15-11-25-15)26(22,23)16-8-4-13(5-9-16)12-2-6-14(19)7-3-12/h2-9,15H,10-11,20H2,1H3. The van der Waals surface area contributed by atoms with Gasteiger partial charge >= 0.3 is 5.97 Å². The third kappa shape index (κ3) is 3.55. The maximum atomic E-state index is 13.0. The number of carbonyl (C=O) groups excluding carboxylic acids is 1. The maximum absolute atomic E-state index is 13.0. The van der Waals surface area contributed by atoms with E-state index in [1.165, 1.54) is 12.1 Å². The van der Waals surface area contributed by atoms with Gasteiger partial charge in [-0.25, -0.2) is 13.2 Å². The van der Waals surface area contributed by atoms with Crippen LogP contribution < -0.4 is 5.73 Å². The Morgan fingerprint density at radius 1 is 1.19 bits per heavy atom. The maximum Gasteiger partial charge on any atom is 0.342 e. The number of hydrogen-bond donors (Lipinski definition) is 1. The summed E-state index contributed by atoms with van der Waals surface area (Å²) in [6, 6.07) is 13.9. The molecule has 0 aromatic heterocycles. The molecule has 0 radical (unpaired) electrons. The van der Waals surface area contributed by atoms with E-state index in [-0.39, 0.29) is 17.4 Å². The second-order valence-corrected chi connectivity index (χ2v) is 9.20. The van der Waals surface area contributed by atoms with E-state index in [1.807, 2.05) is 24.3 Å². The average Bonchev–Trinajstić information content (AvgIpc) is 3.45. The molecule has 0 saturated carbocycles. The van der Waals surface area contributed by atoms with Crippen molar-refractivity contribution in [3.8, 4) is 11.1 Å². The van der Waals surface area contributed by atoms with Gasteiger partial charge in [0.2, 0.25) is 14.7 Å². The van der Waals surface area contributed by atoms with Crippen LogP contribution in [-0.2, 0) is 24.1 Å². The highest BCUT2D eigenvalue weighted by atomic mass is 79.9. The van der Waals surface area contributed by atoms with Crippen molar-refractivity contribution in [1.29, 1.82) is 0 Å². The van der Waals surface area contributed by atoms with Crippen molar-refractivity contribution in [3.05, 3.63) is 53.0 Å². The lowest BCUT2D eigenvalue weighted by atomic mass is 10.1. The van der Waals surface area contributed by atoms with Crippen molar-refractivity contribution in [3.63, 3.8) is 0 Å². The normalized spacial score (nSPS) is 18.8. The SMILES string of the molecule is COC(=O)C(N)(CC1CO1)S(=O)(=O)c1ccc(-c2ccc(Br)cc2)cc1. The molecular formula is C18H18BrNO5S. The summed E-state index contributed by atoms with van der Waals surface area (Å²) in [5.41, 5.74) is 7.81. The van der Waals surface area contributed by atoms with Gasteiger partial charge in [-0.05, 0) is 35.4 Å². The van der Waals surface area contributed by atoms with Crippen LogP contribution >= 0.6 is 15.9 Å². The van der Waals surface area contributed by atoms with Crippen LogP contribution in [0, 0.1) is 0 Å². The molecule has 0 amide bonds. The fraction of sp³-hybridized carbons (Fsp3) is 0.278. The number of epoxide rings is 1. The van der Waals surface area contributed by atoms with Crippen LogP contribution in [0.3, 0.4) is 0 Å². The first-order chi connectivity index (χ1) is 12.3. The minimum absolute atomic E-state index is 0.0353. The van der Waals surface area contributed by atoms with E-state index >= 15 is 0 Å². The molecule has 2 aromatic carbocycles. The predicted molar refractivity (Wildman–Crippen MR) is 100 cm³/mol. The molecule has 0 bridgehead atoms. The molecule has 2 N–H and O–H groups in total. The average molecular weight is 440 g/mol. The Bertz CT molecular complexity index is 908. The van der Waals surface area contributed by atoms with E-state index in [2.05, 4.69) is 20.7 Å². The van der Waals surface area contributed by atoms with E-state index < -0.39 is 20.7 Å². The number of halogens is 1. The number of methoxy groups -OCH3 is 1. The summed E-state index contributed by atoms with van der Waals surface area (Å²) >= 11 is 3.38.